The van der Waals surface area contributed by atoms with Gasteiger partial charge in [0, 0.05) is 18.3 Å². The molecule has 0 radical (unpaired) electrons. The summed E-state index contributed by atoms with van der Waals surface area (Å²) in [6.45, 7) is 0. The van der Waals surface area contributed by atoms with Gasteiger partial charge in [-0.15, -0.1) is 11.3 Å². The molecule has 0 atom stereocenters. The molecule has 28 heavy (non-hydrogen) atoms. The number of thiophene rings is 1. The second kappa shape index (κ2) is 8.24. The Bertz CT molecular complexity index is 1090. The molecule has 3 rings (SSSR count). The third-order valence-electron chi connectivity index (χ3n) is 3.81. The SMILES string of the molecule is CNC(=O)c1ccccc1NC(=O)c1ccc(NS(=O)(=O)c2cccs2)cc1. The molecule has 0 saturated carbocycles. The molecule has 144 valence electrons. The van der Waals surface area contributed by atoms with Gasteiger partial charge in [-0.05, 0) is 47.8 Å². The lowest BCUT2D eigenvalue weighted by Crippen LogP contribution is -2.21. The first-order chi connectivity index (χ1) is 13.4. The average molecular weight is 415 g/mol. The molecule has 3 aromatic rings. The lowest BCUT2D eigenvalue weighted by molar-refractivity contribution is 0.0964. The van der Waals surface area contributed by atoms with Crippen molar-refractivity contribution in [1.29, 1.82) is 0 Å². The Morgan fingerprint density at radius 1 is 0.893 bits per heavy atom. The molecule has 9 heteroatoms. The normalized spacial score (nSPS) is 10.9. The molecule has 2 amide bonds. The number of hydrogen-bond donors (Lipinski definition) is 3. The summed E-state index contributed by atoms with van der Waals surface area (Å²) in [7, 11) is -2.14. The number of amides is 2. The number of para-hydroxylation sites is 1. The summed E-state index contributed by atoms with van der Waals surface area (Å²) < 4.78 is 27.1. The fraction of sp³-hybridized carbons (Fsp3) is 0.0526. The van der Waals surface area contributed by atoms with E-state index in [0.29, 0.717) is 22.5 Å². The lowest BCUT2D eigenvalue weighted by atomic mass is 10.1. The van der Waals surface area contributed by atoms with Gasteiger partial charge >= 0.3 is 0 Å². The zero-order valence-electron chi connectivity index (χ0n) is 14.8. The van der Waals surface area contributed by atoms with Gasteiger partial charge < -0.3 is 10.6 Å². The Morgan fingerprint density at radius 2 is 1.61 bits per heavy atom. The number of nitrogens with one attached hydrogen (secondary N) is 3. The third-order valence-corrected chi connectivity index (χ3v) is 6.58. The van der Waals surface area contributed by atoms with Gasteiger partial charge in [-0.3, -0.25) is 14.3 Å². The molecule has 0 aliphatic rings. The summed E-state index contributed by atoms with van der Waals surface area (Å²) in [4.78, 5) is 24.4. The summed E-state index contributed by atoms with van der Waals surface area (Å²) in [5, 5.41) is 6.90. The van der Waals surface area contributed by atoms with Crippen LogP contribution in [0.15, 0.2) is 70.3 Å². The van der Waals surface area contributed by atoms with E-state index < -0.39 is 15.9 Å². The van der Waals surface area contributed by atoms with Crippen LogP contribution in [0.1, 0.15) is 20.7 Å². The number of benzene rings is 2. The van der Waals surface area contributed by atoms with Crippen molar-refractivity contribution in [3.63, 3.8) is 0 Å². The molecule has 3 N–H and O–H groups in total. The average Bonchev–Trinajstić information content (AvgIpc) is 3.24. The van der Waals surface area contributed by atoms with Crippen molar-refractivity contribution >= 4 is 44.5 Å². The molecule has 1 heterocycles. The summed E-state index contributed by atoms with van der Waals surface area (Å²) in [5.74, 6) is -0.724. The highest BCUT2D eigenvalue weighted by molar-refractivity contribution is 7.94. The maximum absolute atomic E-state index is 12.5. The standard InChI is InChI=1S/C19H17N3O4S2/c1-20-19(24)15-5-2-3-6-16(15)21-18(23)13-8-10-14(11-9-13)22-28(25,26)17-7-4-12-27-17/h2-12,22H,1H3,(H,20,24)(H,21,23). The Balaban J connectivity index is 1.74. The molecule has 1 aromatic heterocycles. The van der Waals surface area contributed by atoms with E-state index in [1.54, 1.807) is 35.7 Å². The summed E-state index contributed by atoms with van der Waals surface area (Å²) in [6, 6.07) is 15.8. The first-order valence-corrected chi connectivity index (χ1v) is 10.6. The number of hydrogen-bond acceptors (Lipinski definition) is 5. The first-order valence-electron chi connectivity index (χ1n) is 8.19. The van der Waals surface area contributed by atoms with E-state index in [2.05, 4.69) is 15.4 Å². The van der Waals surface area contributed by atoms with E-state index >= 15 is 0 Å². The van der Waals surface area contributed by atoms with Crippen molar-refractivity contribution < 1.29 is 18.0 Å². The molecule has 0 aliphatic heterocycles. The zero-order valence-corrected chi connectivity index (χ0v) is 16.4. The second-order valence-electron chi connectivity index (χ2n) is 5.69. The van der Waals surface area contributed by atoms with Crippen molar-refractivity contribution in [3.05, 3.63) is 77.2 Å². The van der Waals surface area contributed by atoms with E-state index in [1.807, 2.05) is 0 Å². The van der Waals surface area contributed by atoms with Crippen LogP contribution in [0.5, 0.6) is 0 Å². The predicted molar refractivity (Wildman–Crippen MR) is 109 cm³/mol. The number of carbonyl (C=O) groups is 2. The fourth-order valence-corrected chi connectivity index (χ4v) is 4.48. The third kappa shape index (κ3) is 4.38. The van der Waals surface area contributed by atoms with E-state index in [4.69, 9.17) is 0 Å². The van der Waals surface area contributed by atoms with Crippen molar-refractivity contribution in [2.45, 2.75) is 4.21 Å². The van der Waals surface area contributed by atoms with E-state index in [1.165, 1.54) is 37.4 Å². The van der Waals surface area contributed by atoms with Crippen molar-refractivity contribution in [2.24, 2.45) is 0 Å². The predicted octanol–water partition coefficient (Wildman–Crippen LogP) is 3.16. The number of anilines is 2. The first kappa shape index (κ1) is 19.6. The molecule has 0 aliphatic carbocycles. The van der Waals surface area contributed by atoms with Crippen LogP contribution in [0, 0.1) is 0 Å². The van der Waals surface area contributed by atoms with E-state index in [9.17, 15) is 18.0 Å². The Hall–Kier alpha value is -3.17. The van der Waals surface area contributed by atoms with Crippen LogP contribution in [0.2, 0.25) is 0 Å². The fourth-order valence-electron chi connectivity index (χ4n) is 2.43. The largest absolute Gasteiger partial charge is 0.355 e. The molecule has 0 spiro atoms. The van der Waals surface area contributed by atoms with Gasteiger partial charge in [0.25, 0.3) is 21.8 Å². The maximum Gasteiger partial charge on any atom is 0.271 e. The maximum atomic E-state index is 12.5. The molecule has 0 saturated heterocycles. The van der Waals surface area contributed by atoms with Crippen molar-refractivity contribution in [3.8, 4) is 0 Å². The Labute approximate surface area is 166 Å². The monoisotopic (exact) mass is 415 g/mol. The number of sulfonamides is 1. The quantitative estimate of drug-likeness (QED) is 0.575. The molecular weight excluding hydrogens is 398 g/mol. The van der Waals surface area contributed by atoms with Crippen LogP contribution in [0.25, 0.3) is 0 Å². The van der Waals surface area contributed by atoms with Gasteiger partial charge in [0.15, 0.2) is 0 Å². The smallest absolute Gasteiger partial charge is 0.271 e. The molecule has 0 unspecified atom stereocenters. The van der Waals surface area contributed by atoms with Crippen LogP contribution in [0.3, 0.4) is 0 Å². The van der Waals surface area contributed by atoms with Gasteiger partial charge in [0.1, 0.15) is 4.21 Å². The van der Waals surface area contributed by atoms with Crippen molar-refractivity contribution in [1.82, 2.24) is 5.32 Å². The molecule has 2 aromatic carbocycles. The van der Waals surface area contributed by atoms with Crippen LogP contribution in [-0.2, 0) is 10.0 Å². The highest BCUT2D eigenvalue weighted by Crippen LogP contribution is 2.21. The van der Waals surface area contributed by atoms with Crippen LogP contribution >= 0.6 is 11.3 Å². The molecule has 0 fully saturated rings. The van der Waals surface area contributed by atoms with Gasteiger partial charge in [-0.25, -0.2) is 8.42 Å². The van der Waals surface area contributed by atoms with Crippen LogP contribution in [-0.4, -0.2) is 27.3 Å². The highest BCUT2D eigenvalue weighted by atomic mass is 32.2. The minimum absolute atomic E-state index is 0.208. The number of rotatable bonds is 6. The lowest BCUT2D eigenvalue weighted by Gasteiger charge is -2.11. The van der Waals surface area contributed by atoms with Crippen LogP contribution < -0.4 is 15.4 Å². The topological polar surface area (TPSA) is 104 Å². The summed E-state index contributed by atoms with van der Waals surface area (Å²) in [6.07, 6.45) is 0. The van der Waals surface area contributed by atoms with Gasteiger partial charge in [0.2, 0.25) is 0 Å². The Kier molecular flexibility index (Phi) is 5.76. The van der Waals surface area contributed by atoms with Crippen LogP contribution in [0.4, 0.5) is 11.4 Å². The van der Waals surface area contributed by atoms with Gasteiger partial charge in [-0.2, -0.15) is 0 Å². The summed E-state index contributed by atoms with van der Waals surface area (Å²) in [5.41, 5.74) is 1.40. The molecule has 0 bridgehead atoms. The van der Waals surface area contributed by atoms with Gasteiger partial charge in [0.05, 0.1) is 11.3 Å². The van der Waals surface area contributed by atoms with Crippen molar-refractivity contribution in [2.75, 3.05) is 17.1 Å². The van der Waals surface area contributed by atoms with Gasteiger partial charge in [-0.1, -0.05) is 18.2 Å². The van der Waals surface area contributed by atoms with E-state index in [0.717, 1.165) is 11.3 Å². The van der Waals surface area contributed by atoms with E-state index in [-0.39, 0.29) is 10.1 Å². The molecular formula is C19H17N3O4S2. The minimum Gasteiger partial charge on any atom is -0.355 e. The highest BCUT2D eigenvalue weighted by Gasteiger charge is 2.16. The minimum atomic E-state index is -3.65. The zero-order chi connectivity index (χ0) is 20.1. The second-order valence-corrected chi connectivity index (χ2v) is 8.55. The molecule has 7 nitrogen and oxygen atoms in total. The number of carbonyl (C=O) groups excluding carboxylic acids is 2. The summed E-state index contributed by atoms with van der Waals surface area (Å²) >= 11 is 1.12. The Morgan fingerprint density at radius 3 is 2.25 bits per heavy atom.